The van der Waals surface area contributed by atoms with Crippen LogP contribution in [-0.2, 0) is 4.79 Å². The first-order valence-corrected chi connectivity index (χ1v) is 10.9. The molecule has 1 fully saturated rings. The number of likely N-dealkylation sites (tertiary alicyclic amines) is 1. The summed E-state index contributed by atoms with van der Waals surface area (Å²) in [6.45, 7) is 4.00. The van der Waals surface area contributed by atoms with Gasteiger partial charge in [0, 0.05) is 25.6 Å². The van der Waals surface area contributed by atoms with Crippen molar-refractivity contribution in [1.29, 1.82) is 0 Å². The summed E-state index contributed by atoms with van der Waals surface area (Å²) < 4.78 is 5.07. The molecule has 0 aliphatic carbocycles. The zero-order valence-corrected chi connectivity index (χ0v) is 17.4. The van der Waals surface area contributed by atoms with Crippen molar-refractivity contribution >= 4 is 34.1 Å². The molecule has 1 aliphatic rings. The Bertz CT molecular complexity index is 823. The van der Waals surface area contributed by atoms with Gasteiger partial charge in [0.15, 0.2) is 5.76 Å². The normalized spacial score (nSPS) is 14.6. The van der Waals surface area contributed by atoms with Crippen molar-refractivity contribution in [1.82, 2.24) is 10.2 Å². The lowest BCUT2D eigenvalue weighted by molar-refractivity contribution is -0.126. The lowest BCUT2D eigenvalue weighted by Crippen LogP contribution is -2.43. The van der Waals surface area contributed by atoms with Crippen molar-refractivity contribution in [3.8, 4) is 0 Å². The first-order valence-electron chi connectivity index (χ1n) is 10.1. The van der Waals surface area contributed by atoms with Crippen LogP contribution in [0.3, 0.4) is 0 Å². The standard InChI is InChI=1S/C21H27N3O4S/c1-2-3-4-11-22-19(25)15-9-12-24(13-10-15)21(27)17-7-8-18(29-17)23-20(26)16-6-5-14-28-16/h5-8,14-15H,2-4,9-13H2,1H3,(H,22,25)(H,23,26). The molecular weight excluding hydrogens is 390 g/mol. The maximum absolute atomic E-state index is 12.8. The van der Waals surface area contributed by atoms with Crippen LogP contribution >= 0.6 is 11.3 Å². The summed E-state index contributed by atoms with van der Waals surface area (Å²) in [5.74, 6) is -0.0994. The highest BCUT2D eigenvalue weighted by atomic mass is 32.1. The Labute approximate surface area is 174 Å². The fourth-order valence-corrected chi connectivity index (χ4v) is 4.20. The number of furan rings is 1. The average molecular weight is 418 g/mol. The minimum Gasteiger partial charge on any atom is -0.459 e. The molecule has 0 unspecified atom stereocenters. The number of thiophene rings is 1. The fourth-order valence-electron chi connectivity index (χ4n) is 3.33. The minimum absolute atomic E-state index is 0.0212. The lowest BCUT2D eigenvalue weighted by Gasteiger charge is -2.31. The van der Waals surface area contributed by atoms with Gasteiger partial charge in [-0.1, -0.05) is 19.8 Å². The van der Waals surface area contributed by atoms with Gasteiger partial charge in [0.1, 0.15) is 0 Å². The summed E-state index contributed by atoms with van der Waals surface area (Å²) in [6.07, 6.45) is 6.06. The molecule has 0 atom stereocenters. The molecule has 2 aromatic heterocycles. The lowest BCUT2D eigenvalue weighted by atomic mass is 9.95. The molecule has 3 amide bonds. The predicted octanol–water partition coefficient (Wildman–Crippen LogP) is 3.75. The number of carbonyl (C=O) groups is 3. The quantitative estimate of drug-likeness (QED) is 0.640. The monoisotopic (exact) mass is 417 g/mol. The van der Waals surface area contributed by atoms with Crippen molar-refractivity contribution in [2.45, 2.75) is 39.0 Å². The van der Waals surface area contributed by atoms with Gasteiger partial charge in [-0.05, 0) is 43.5 Å². The van der Waals surface area contributed by atoms with E-state index in [9.17, 15) is 14.4 Å². The number of unbranched alkanes of at least 4 members (excludes halogenated alkanes) is 2. The van der Waals surface area contributed by atoms with E-state index in [2.05, 4.69) is 17.6 Å². The van der Waals surface area contributed by atoms with E-state index in [1.165, 1.54) is 17.6 Å². The van der Waals surface area contributed by atoms with Crippen molar-refractivity contribution in [2.75, 3.05) is 25.0 Å². The van der Waals surface area contributed by atoms with Crippen LogP contribution in [0.25, 0.3) is 0 Å². The number of nitrogens with one attached hydrogen (secondary N) is 2. The fraction of sp³-hybridized carbons (Fsp3) is 0.476. The molecule has 1 aliphatic heterocycles. The molecule has 0 aromatic carbocycles. The minimum atomic E-state index is -0.346. The number of piperidine rings is 1. The number of hydrogen-bond donors (Lipinski definition) is 2. The molecule has 0 radical (unpaired) electrons. The largest absolute Gasteiger partial charge is 0.459 e. The second kappa shape index (κ2) is 10.2. The Morgan fingerprint density at radius 3 is 2.66 bits per heavy atom. The first kappa shape index (κ1) is 21.1. The summed E-state index contributed by atoms with van der Waals surface area (Å²) in [5, 5.41) is 6.34. The molecule has 2 N–H and O–H groups in total. The first-order chi connectivity index (χ1) is 14.1. The molecule has 7 nitrogen and oxygen atoms in total. The molecular formula is C21H27N3O4S. The maximum atomic E-state index is 12.8. The second-order valence-electron chi connectivity index (χ2n) is 7.16. The summed E-state index contributed by atoms with van der Waals surface area (Å²) in [6, 6.07) is 6.67. The smallest absolute Gasteiger partial charge is 0.291 e. The van der Waals surface area contributed by atoms with E-state index in [1.807, 2.05) is 0 Å². The topological polar surface area (TPSA) is 91.7 Å². The highest BCUT2D eigenvalue weighted by Gasteiger charge is 2.28. The van der Waals surface area contributed by atoms with Gasteiger partial charge < -0.3 is 20.0 Å². The summed E-state index contributed by atoms with van der Waals surface area (Å²) in [5.41, 5.74) is 0. The zero-order valence-electron chi connectivity index (χ0n) is 16.6. The van der Waals surface area contributed by atoms with Crippen LogP contribution in [0.4, 0.5) is 5.00 Å². The molecule has 156 valence electrons. The molecule has 0 saturated carbocycles. The number of rotatable bonds is 8. The molecule has 3 rings (SSSR count). The molecule has 8 heteroatoms. The summed E-state index contributed by atoms with van der Waals surface area (Å²) in [7, 11) is 0. The van der Waals surface area contributed by atoms with Crippen LogP contribution in [-0.4, -0.2) is 42.3 Å². The highest BCUT2D eigenvalue weighted by Crippen LogP contribution is 2.26. The predicted molar refractivity (Wildman–Crippen MR) is 112 cm³/mol. The molecule has 2 aromatic rings. The van der Waals surface area contributed by atoms with E-state index in [4.69, 9.17) is 4.42 Å². The highest BCUT2D eigenvalue weighted by molar-refractivity contribution is 7.18. The molecule has 0 bridgehead atoms. The van der Waals surface area contributed by atoms with Gasteiger partial charge in [0.2, 0.25) is 5.91 Å². The van der Waals surface area contributed by atoms with Gasteiger partial charge in [0.25, 0.3) is 11.8 Å². The molecule has 3 heterocycles. The van der Waals surface area contributed by atoms with Gasteiger partial charge in [-0.15, -0.1) is 11.3 Å². The third-order valence-corrected chi connectivity index (χ3v) is 6.02. The summed E-state index contributed by atoms with van der Waals surface area (Å²) >= 11 is 1.24. The number of anilines is 1. The van der Waals surface area contributed by atoms with Crippen LogP contribution in [0.2, 0.25) is 0 Å². The van der Waals surface area contributed by atoms with E-state index in [0.29, 0.717) is 35.8 Å². The van der Waals surface area contributed by atoms with Crippen molar-refractivity contribution in [3.63, 3.8) is 0 Å². The van der Waals surface area contributed by atoms with E-state index < -0.39 is 0 Å². The Balaban J connectivity index is 1.46. The SMILES string of the molecule is CCCCCNC(=O)C1CCN(C(=O)c2ccc(NC(=O)c3ccco3)s2)CC1. The number of hydrogen-bond acceptors (Lipinski definition) is 5. The Kier molecular flexibility index (Phi) is 7.46. The van der Waals surface area contributed by atoms with E-state index in [0.717, 1.165) is 25.8 Å². The average Bonchev–Trinajstić information content (AvgIpc) is 3.43. The van der Waals surface area contributed by atoms with Crippen LogP contribution in [0.5, 0.6) is 0 Å². The van der Waals surface area contributed by atoms with Gasteiger partial charge in [0.05, 0.1) is 16.1 Å². The van der Waals surface area contributed by atoms with Crippen LogP contribution in [0.1, 0.15) is 59.3 Å². The van der Waals surface area contributed by atoms with Crippen molar-refractivity contribution in [2.24, 2.45) is 5.92 Å². The Hall–Kier alpha value is -2.61. The van der Waals surface area contributed by atoms with Crippen molar-refractivity contribution < 1.29 is 18.8 Å². The Morgan fingerprint density at radius 1 is 1.17 bits per heavy atom. The van der Waals surface area contributed by atoms with Crippen molar-refractivity contribution in [3.05, 3.63) is 41.2 Å². The van der Waals surface area contributed by atoms with Gasteiger partial charge in [-0.3, -0.25) is 14.4 Å². The third kappa shape index (κ3) is 5.69. The number of carbonyl (C=O) groups excluding carboxylic acids is 3. The van der Waals surface area contributed by atoms with Gasteiger partial charge in [-0.2, -0.15) is 0 Å². The van der Waals surface area contributed by atoms with Crippen LogP contribution < -0.4 is 10.6 Å². The molecule has 1 saturated heterocycles. The number of nitrogens with zero attached hydrogens (tertiary/aromatic N) is 1. The molecule has 29 heavy (non-hydrogen) atoms. The maximum Gasteiger partial charge on any atom is 0.291 e. The van der Waals surface area contributed by atoms with Gasteiger partial charge in [-0.25, -0.2) is 0 Å². The Morgan fingerprint density at radius 2 is 1.97 bits per heavy atom. The van der Waals surface area contributed by atoms with E-state index >= 15 is 0 Å². The van der Waals surface area contributed by atoms with Gasteiger partial charge >= 0.3 is 0 Å². The van der Waals surface area contributed by atoms with E-state index in [1.54, 1.807) is 29.2 Å². The van der Waals surface area contributed by atoms with Crippen LogP contribution in [0, 0.1) is 5.92 Å². The summed E-state index contributed by atoms with van der Waals surface area (Å²) in [4.78, 5) is 39.4. The number of amides is 3. The third-order valence-electron chi connectivity index (χ3n) is 5.03. The van der Waals surface area contributed by atoms with E-state index in [-0.39, 0.29) is 29.4 Å². The second-order valence-corrected chi connectivity index (χ2v) is 8.24. The van der Waals surface area contributed by atoms with Crippen LogP contribution in [0.15, 0.2) is 34.9 Å². The zero-order chi connectivity index (χ0) is 20.6. The molecule has 0 spiro atoms.